The zero-order valence-electron chi connectivity index (χ0n) is 16.1. The van der Waals surface area contributed by atoms with E-state index in [4.69, 9.17) is 4.74 Å². The van der Waals surface area contributed by atoms with E-state index in [2.05, 4.69) is 15.6 Å². The Kier molecular flexibility index (Phi) is 5.95. The molecular formula is C22H20N4O3. The molecule has 1 aromatic heterocycles. The van der Waals surface area contributed by atoms with Crippen molar-refractivity contribution in [1.82, 2.24) is 10.3 Å². The van der Waals surface area contributed by atoms with E-state index < -0.39 is 5.56 Å². The van der Waals surface area contributed by atoms with Crippen molar-refractivity contribution in [3.05, 3.63) is 70.5 Å². The molecule has 29 heavy (non-hydrogen) atoms. The summed E-state index contributed by atoms with van der Waals surface area (Å²) in [6, 6.07) is 17.7. The van der Waals surface area contributed by atoms with Crippen LogP contribution in [0.25, 0.3) is 22.4 Å². The number of nitrogens with zero attached hydrogens (tertiary/aromatic N) is 1. The molecule has 1 heterocycles. The van der Waals surface area contributed by atoms with Gasteiger partial charge in [-0.2, -0.15) is 5.26 Å². The monoisotopic (exact) mass is 388 g/mol. The summed E-state index contributed by atoms with van der Waals surface area (Å²) in [5.74, 6) is 0.662. The summed E-state index contributed by atoms with van der Waals surface area (Å²) in [7, 11) is 1.57. The van der Waals surface area contributed by atoms with Crippen LogP contribution in [-0.4, -0.2) is 24.7 Å². The molecule has 0 aliphatic heterocycles. The minimum absolute atomic E-state index is 0.0288. The lowest BCUT2D eigenvalue weighted by atomic mass is 9.99. The second-order valence-electron chi connectivity index (χ2n) is 6.21. The van der Waals surface area contributed by atoms with E-state index >= 15 is 0 Å². The fraction of sp³-hybridized carbons (Fsp3) is 0.136. The molecule has 3 rings (SSSR count). The number of aromatic amines is 1. The first-order valence-corrected chi connectivity index (χ1v) is 9.02. The standard InChI is InChI=1S/C22H20N4O3/c1-3-24-22(28)25-16-9-7-14(8-10-16)18-12-20(26-21(27)19(18)13-23)15-5-4-6-17(11-15)29-2/h4-12H,3H2,1-2H3,(H,26,27)(H2,24,25,28). The average Bonchev–Trinajstić information content (AvgIpc) is 2.74. The van der Waals surface area contributed by atoms with Gasteiger partial charge in [0.1, 0.15) is 17.4 Å². The SMILES string of the molecule is CCNC(=O)Nc1ccc(-c2cc(-c3cccc(OC)c3)[nH]c(=O)c2C#N)cc1. The predicted molar refractivity (Wildman–Crippen MR) is 112 cm³/mol. The normalized spacial score (nSPS) is 10.1. The number of pyridine rings is 1. The molecule has 0 spiro atoms. The summed E-state index contributed by atoms with van der Waals surface area (Å²) in [4.78, 5) is 26.9. The van der Waals surface area contributed by atoms with E-state index in [1.807, 2.05) is 31.2 Å². The molecule has 0 saturated heterocycles. The van der Waals surface area contributed by atoms with Crippen LogP contribution in [0, 0.1) is 11.3 Å². The fourth-order valence-electron chi connectivity index (χ4n) is 2.91. The fourth-order valence-corrected chi connectivity index (χ4v) is 2.91. The number of rotatable bonds is 5. The van der Waals surface area contributed by atoms with Gasteiger partial charge in [0.25, 0.3) is 5.56 Å². The van der Waals surface area contributed by atoms with Gasteiger partial charge in [-0.3, -0.25) is 4.79 Å². The molecule has 0 fully saturated rings. The Hall–Kier alpha value is -4.05. The van der Waals surface area contributed by atoms with Crippen molar-refractivity contribution in [3.63, 3.8) is 0 Å². The van der Waals surface area contributed by atoms with E-state index in [0.29, 0.717) is 34.8 Å². The maximum Gasteiger partial charge on any atom is 0.319 e. The van der Waals surface area contributed by atoms with Gasteiger partial charge in [0.2, 0.25) is 0 Å². The Morgan fingerprint density at radius 3 is 2.55 bits per heavy atom. The largest absolute Gasteiger partial charge is 0.497 e. The quantitative estimate of drug-likeness (QED) is 0.619. The highest BCUT2D eigenvalue weighted by molar-refractivity contribution is 5.89. The highest BCUT2D eigenvalue weighted by Gasteiger charge is 2.13. The molecule has 0 saturated carbocycles. The molecule has 0 aliphatic rings. The minimum Gasteiger partial charge on any atom is -0.497 e. The summed E-state index contributed by atoms with van der Waals surface area (Å²) in [5, 5.41) is 14.8. The molecule has 0 aliphatic carbocycles. The van der Waals surface area contributed by atoms with Crippen LogP contribution in [0.4, 0.5) is 10.5 Å². The van der Waals surface area contributed by atoms with Crippen molar-refractivity contribution in [2.75, 3.05) is 19.0 Å². The Morgan fingerprint density at radius 1 is 1.14 bits per heavy atom. The molecule has 2 aromatic carbocycles. The van der Waals surface area contributed by atoms with E-state index in [-0.39, 0.29) is 11.6 Å². The Balaban J connectivity index is 2.02. The number of aromatic nitrogens is 1. The van der Waals surface area contributed by atoms with Crippen molar-refractivity contribution < 1.29 is 9.53 Å². The van der Waals surface area contributed by atoms with Crippen LogP contribution in [0.3, 0.4) is 0 Å². The summed E-state index contributed by atoms with van der Waals surface area (Å²) in [6.45, 7) is 2.36. The third kappa shape index (κ3) is 4.45. The molecule has 7 heteroatoms. The second-order valence-corrected chi connectivity index (χ2v) is 6.21. The lowest BCUT2D eigenvalue weighted by molar-refractivity contribution is 0.252. The van der Waals surface area contributed by atoms with Gasteiger partial charge in [0.05, 0.1) is 7.11 Å². The molecule has 0 unspecified atom stereocenters. The lowest BCUT2D eigenvalue weighted by Gasteiger charge is -2.10. The molecule has 2 amide bonds. The second kappa shape index (κ2) is 8.76. The van der Waals surface area contributed by atoms with Crippen LogP contribution in [0.1, 0.15) is 12.5 Å². The van der Waals surface area contributed by atoms with Crippen molar-refractivity contribution in [1.29, 1.82) is 5.26 Å². The first-order valence-electron chi connectivity index (χ1n) is 9.02. The van der Waals surface area contributed by atoms with Gasteiger partial charge in [0, 0.05) is 29.1 Å². The van der Waals surface area contributed by atoms with Crippen molar-refractivity contribution in [2.24, 2.45) is 0 Å². The molecule has 146 valence electrons. The van der Waals surface area contributed by atoms with Crippen LogP contribution in [0.2, 0.25) is 0 Å². The number of nitrogens with one attached hydrogen (secondary N) is 3. The molecule has 3 aromatic rings. The summed E-state index contributed by atoms with van der Waals surface area (Å²) in [6.07, 6.45) is 0. The number of anilines is 1. The maximum absolute atomic E-state index is 12.5. The lowest BCUT2D eigenvalue weighted by Crippen LogP contribution is -2.28. The van der Waals surface area contributed by atoms with Gasteiger partial charge < -0.3 is 20.4 Å². The van der Waals surface area contributed by atoms with Crippen LogP contribution < -0.4 is 20.9 Å². The van der Waals surface area contributed by atoms with Crippen LogP contribution in [0.5, 0.6) is 5.75 Å². The molecule has 0 bridgehead atoms. The number of benzene rings is 2. The minimum atomic E-state index is -0.465. The summed E-state index contributed by atoms with van der Waals surface area (Å²) in [5.41, 5.74) is 2.72. The number of urea groups is 1. The molecule has 7 nitrogen and oxygen atoms in total. The first kappa shape index (κ1) is 19.7. The third-order valence-electron chi connectivity index (χ3n) is 4.32. The first-order chi connectivity index (χ1) is 14.0. The van der Waals surface area contributed by atoms with Crippen LogP contribution in [0.15, 0.2) is 59.4 Å². The van der Waals surface area contributed by atoms with Crippen molar-refractivity contribution in [2.45, 2.75) is 6.92 Å². The van der Waals surface area contributed by atoms with E-state index in [1.165, 1.54) is 0 Å². The zero-order chi connectivity index (χ0) is 20.8. The van der Waals surface area contributed by atoms with E-state index in [0.717, 1.165) is 5.56 Å². The number of H-pyrrole nitrogens is 1. The number of hydrogen-bond acceptors (Lipinski definition) is 4. The van der Waals surface area contributed by atoms with Gasteiger partial charge in [-0.15, -0.1) is 0 Å². The van der Waals surface area contributed by atoms with Crippen LogP contribution in [-0.2, 0) is 0 Å². The van der Waals surface area contributed by atoms with Gasteiger partial charge in [-0.1, -0.05) is 24.3 Å². The van der Waals surface area contributed by atoms with Gasteiger partial charge >= 0.3 is 6.03 Å². The maximum atomic E-state index is 12.5. The molecular weight excluding hydrogens is 368 g/mol. The van der Waals surface area contributed by atoms with Gasteiger partial charge in [-0.25, -0.2) is 4.79 Å². The van der Waals surface area contributed by atoms with Gasteiger partial charge in [0.15, 0.2) is 0 Å². The number of amides is 2. The predicted octanol–water partition coefficient (Wildman–Crippen LogP) is 3.73. The number of hydrogen-bond donors (Lipinski definition) is 3. The Morgan fingerprint density at radius 2 is 1.90 bits per heavy atom. The number of nitriles is 1. The Bertz CT molecular complexity index is 1130. The molecule has 0 atom stereocenters. The summed E-state index contributed by atoms with van der Waals surface area (Å²) < 4.78 is 5.24. The molecule has 3 N–H and O–H groups in total. The topological polar surface area (TPSA) is 107 Å². The zero-order valence-corrected chi connectivity index (χ0v) is 16.1. The highest BCUT2D eigenvalue weighted by Crippen LogP contribution is 2.28. The number of carbonyl (C=O) groups excluding carboxylic acids is 1. The molecule has 0 radical (unpaired) electrons. The Labute approximate surface area is 168 Å². The smallest absolute Gasteiger partial charge is 0.319 e. The number of methoxy groups -OCH3 is 1. The van der Waals surface area contributed by atoms with Crippen LogP contribution >= 0.6 is 0 Å². The van der Waals surface area contributed by atoms with E-state index in [9.17, 15) is 14.9 Å². The third-order valence-corrected chi connectivity index (χ3v) is 4.32. The van der Waals surface area contributed by atoms with Crippen molar-refractivity contribution >= 4 is 11.7 Å². The van der Waals surface area contributed by atoms with Crippen molar-refractivity contribution in [3.8, 4) is 34.2 Å². The van der Waals surface area contributed by atoms with Gasteiger partial charge in [-0.05, 0) is 42.8 Å². The van der Waals surface area contributed by atoms with E-state index in [1.54, 1.807) is 43.5 Å². The number of carbonyl (C=O) groups is 1. The average molecular weight is 388 g/mol. The number of ether oxygens (including phenoxy) is 1. The highest BCUT2D eigenvalue weighted by atomic mass is 16.5. The summed E-state index contributed by atoms with van der Waals surface area (Å²) >= 11 is 0.